The topological polar surface area (TPSA) is 46.2 Å². The van der Waals surface area contributed by atoms with Crippen molar-refractivity contribution in [1.29, 1.82) is 0 Å². The molecule has 3 N–H and O–H groups in total. The van der Waals surface area contributed by atoms with Crippen LogP contribution in [0.1, 0.15) is 32.1 Å². The maximum Gasteiger partial charge on any atom is 0.0695 e. The highest BCUT2D eigenvalue weighted by Crippen LogP contribution is 2.57. The average Bonchev–Trinajstić information content (AvgIpc) is 2.15. The van der Waals surface area contributed by atoms with Gasteiger partial charge in [0.05, 0.1) is 6.10 Å². The lowest BCUT2D eigenvalue weighted by Gasteiger charge is -2.55. The van der Waals surface area contributed by atoms with Crippen molar-refractivity contribution in [2.24, 2.45) is 35.3 Å². The summed E-state index contributed by atoms with van der Waals surface area (Å²) in [6.45, 7) is 0.465. The molecule has 4 fully saturated rings. The first-order valence-corrected chi connectivity index (χ1v) is 6.16. The molecule has 4 saturated carbocycles. The summed E-state index contributed by atoms with van der Waals surface area (Å²) in [6.07, 6.45) is 6.80. The Morgan fingerprint density at radius 3 is 1.93 bits per heavy atom. The van der Waals surface area contributed by atoms with Crippen LogP contribution in [0.2, 0.25) is 0 Å². The maximum absolute atomic E-state index is 9.96. The van der Waals surface area contributed by atoms with Crippen LogP contribution in [0.5, 0.6) is 0 Å². The molecule has 4 aliphatic rings. The lowest BCUT2D eigenvalue weighted by atomic mass is 9.51. The molecule has 0 aliphatic heterocycles. The summed E-state index contributed by atoms with van der Waals surface area (Å²) >= 11 is 0. The van der Waals surface area contributed by atoms with E-state index >= 15 is 0 Å². The number of nitrogens with two attached hydrogens (primary N) is 1. The van der Waals surface area contributed by atoms with Crippen LogP contribution in [0.25, 0.3) is 0 Å². The van der Waals surface area contributed by atoms with E-state index in [2.05, 4.69) is 0 Å². The first kappa shape index (κ1) is 9.17. The molecule has 1 unspecified atom stereocenters. The minimum Gasteiger partial charge on any atom is -0.392 e. The van der Waals surface area contributed by atoms with Gasteiger partial charge in [-0.15, -0.1) is 0 Å². The largest absolute Gasteiger partial charge is 0.392 e. The molecular weight excluding hydrogens is 174 g/mol. The monoisotopic (exact) mass is 195 g/mol. The third-order valence-electron chi connectivity index (χ3n) is 4.99. The van der Waals surface area contributed by atoms with E-state index in [1.807, 2.05) is 0 Å². The van der Waals surface area contributed by atoms with Gasteiger partial charge in [-0.05, 0) is 61.7 Å². The number of aliphatic hydroxyl groups is 1. The number of rotatable bonds is 2. The molecular formula is C12H21NO. The van der Waals surface area contributed by atoms with Crippen LogP contribution >= 0.6 is 0 Å². The van der Waals surface area contributed by atoms with Gasteiger partial charge in [0.2, 0.25) is 0 Å². The molecule has 4 rings (SSSR count). The van der Waals surface area contributed by atoms with Crippen molar-refractivity contribution >= 4 is 0 Å². The van der Waals surface area contributed by atoms with Gasteiger partial charge < -0.3 is 10.8 Å². The third kappa shape index (κ3) is 1.24. The van der Waals surface area contributed by atoms with Crippen LogP contribution < -0.4 is 5.73 Å². The van der Waals surface area contributed by atoms with Crippen molar-refractivity contribution in [3.8, 4) is 0 Å². The first-order valence-electron chi connectivity index (χ1n) is 6.16. The molecule has 0 aromatic carbocycles. The molecule has 2 heteroatoms. The molecule has 2 nitrogen and oxygen atoms in total. The Bertz CT molecular complexity index is 200. The second-order valence-electron chi connectivity index (χ2n) is 5.81. The fourth-order valence-electron chi connectivity index (χ4n) is 4.75. The minimum atomic E-state index is -0.218. The van der Waals surface area contributed by atoms with Gasteiger partial charge in [0, 0.05) is 6.54 Å². The highest BCUT2D eigenvalue weighted by molar-refractivity contribution is 5.00. The Hall–Kier alpha value is -0.0800. The molecule has 4 bridgehead atoms. The fourth-order valence-corrected chi connectivity index (χ4v) is 4.75. The summed E-state index contributed by atoms with van der Waals surface area (Å²) < 4.78 is 0. The summed E-state index contributed by atoms with van der Waals surface area (Å²) in [5, 5.41) is 9.96. The van der Waals surface area contributed by atoms with E-state index in [4.69, 9.17) is 5.73 Å². The van der Waals surface area contributed by atoms with Crippen LogP contribution in [0.3, 0.4) is 0 Å². The van der Waals surface area contributed by atoms with Crippen molar-refractivity contribution < 1.29 is 5.11 Å². The molecule has 0 heterocycles. The standard InChI is InChI=1S/C12H21NO/c13-6-11(14)12-9-2-7-1-8(4-9)5-10(12)3-7/h7-12,14H,1-6,13H2. The third-order valence-corrected chi connectivity index (χ3v) is 4.99. The van der Waals surface area contributed by atoms with E-state index in [1.54, 1.807) is 0 Å². The van der Waals surface area contributed by atoms with Crippen molar-refractivity contribution in [3.63, 3.8) is 0 Å². The van der Waals surface area contributed by atoms with Gasteiger partial charge in [-0.3, -0.25) is 0 Å². The summed E-state index contributed by atoms with van der Waals surface area (Å²) in [5.74, 6) is 4.17. The summed E-state index contributed by atoms with van der Waals surface area (Å²) in [4.78, 5) is 0. The Kier molecular flexibility index (Phi) is 2.10. The van der Waals surface area contributed by atoms with E-state index in [1.165, 1.54) is 32.1 Å². The Morgan fingerprint density at radius 2 is 1.50 bits per heavy atom. The van der Waals surface area contributed by atoms with Crippen molar-refractivity contribution in [2.75, 3.05) is 6.54 Å². The van der Waals surface area contributed by atoms with Crippen LogP contribution in [-0.2, 0) is 0 Å². The zero-order chi connectivity index (χ0) is 9.71. The fraction of sp³-hybridized carbons (Fsp3) is 1.00. The predicted molar refractivity (Wildman–Crippen MR) is 55.6 cm³/mol. The van der Waals surface area contributed by atoms with Gasteiger partial charge in [0.1, 0.15) is 0 Å². The van der Waals surface area contributed by atoms with E-state index in [-0.39, 0.29) is 6.10 Å². The predicted octanol–water partition coefficient (Wildman–Crippen LogP) is 1.38. The van der Waals surface area contributed by atoms with Crippen molar-refractivity contribution in [1.82, 2.24) is 0 Å². The van der Waals surface area contributed by atoms with Crippen LogP contribution in [0.4, 0.5) is 0 Å². The van der Waals surface area contributed by atoms with Crippen LogP contribution in [0, 0.1) is 29.6 Å². The Balaban J connectivity index is 1.81. The number of hydrogen-bond donors (Lipinski definition) is 2. The second-order valence-corrected chi connectivity index (χ2v) is 5.81. The van der Waals surface area contributed by atoms with Crippen LogP contribution in [-0.4, -0.2) is 17.8 Å². The minimum absolute atomic E-state index is 0.218. The summed E-state index contributed by atoms with van der Waals surface area (Å²) in [5.41, 5.74) is 5.60. The maximum atomic E-state index is 9.96. The molecule has 0 spiro atoms. The van der Waals surface area contributed by atoms with Gasteiger partial charge in [-0.2, -0.15) is 0 Å². The van der Waals surface area contributed by atoms with Gasteiger partial charge >= 0.3 is 0 Å². The Labute approximate surface area is 85.9 Å². The molecule has 14 heavy (non-hydrogen) atoms. The number of aliphatic hydroxyl groups excluding tert-OH is 1. The zero-order valence-corrected chi connectivity index (χ0v) is 8.73. The molecule has 0 radical (unpaired) electrons. The Morgan fingerprint density at radius 1 is 1.00 bits per heavy atom. The molecule has 0 amide bonds. The highest BCUT2D eigenvalue weighted by atomic mass is 16.3. The van der Waals surface area contributed by atoms with Gasteiger partial charge in [-0.1, -0.05) is 0 Å². The number of hydrogen-bond acceptors (Lipinski definition) is 2. The zero-order valence-electron chi connectivity index (χ0n) is 8.73. The van der Waals surface area contributed by atoms with Crippen molar-refractivity contribution in [2.45, 2.75) is 38.2 Å². The van der Waals surface area contributed by atoms with E-state index < -0.39 is 0 Å². The van der Waals surface area contributed by atoms with E-state index in [9.17, 15) is 5.11 Å². The van der Waals surface area contributed by atoms with Crippen LogP contribution in [0.15, 0.2) is 0 Å². The SMILES string of the molecule is NCC(O)C1C2CC3CC(C2)CC1C3. The molecule has 0 saturated heterocycles. The first-order chi connectivity index (χ1) is 6.78. The molecule has 0 aromatic rings. The van der Waals surface area contributed by atoms with Gasteiger partial charge in [-0.25, -0.2) is 0 Å². The normalized spacial score (nSPS) is 52.3. The smallest absolute Gasteiger partial charge is 0.0695 e. The van der Waals surface area contributed by atoms with E-state index in [0.29, 0.717) is 12.5 Å². The van der Waals surface area contributed by atoms with Gasteiger partial charge in [0.15, 0.2) is 0 Å². The van der Waals surface area contributed by atoms with Crippen molar-refractivity contribution in [3.05, 3.63) is 0 Å². The molecule has 4 aliphatic carbocycles. The van der Waals surface area contributed by atoms with E-state index in [0.717, 1.165) is 23.7 Å². The second kappa shape index (κ2) is 3.21. The molecule has 0 aromatic heterocycles. The van der Waals surface area contributed by atoms with Gasteiger partial charge in [0.25, 0.3) is 0 Å². The lowest BCUT2D eigenvalue weighted by molar-refractivity contribution is -0.0862. The molecule has 1 atom stereocenters. The lowest BCUT2D eigenvalue weighted by Crippen LogP contribution is -2.50. The highest BCUT2D eigenvalue weighted by Gasteiger charge is 2.49. The average molecular weight is 195 g/mol. The quantitative estimate of drug-likeness (QED) is 0.699. The molecule has 80 valence electrons. The summed E-state index contributed by atoms with van der Waals surface area (Å²) in [6, 6.07) is 0. The summed E-state index contributed by atoms with van der Waals surface area (Å²) in [7, 11) is 0.